The van der Waals surface area contributed by atoms with Gasteiger partial charge >= 0.3 is 65.4 Å². The first kappa shape index (κ1) is 76.2. The van der Waals surface area contributed by atoms with Crippen LogP contribution in [0, 0.1) is 0 Å². The van der Waals surface area contributed by atoms with Crippen molar-refractivity contribution in [1.82, 2.24) is 0 Å². The van der Waals surface area contributed by atoms with E-state index in [1.54, 1.807) is 0 Å². The van der Waals surface area contributed by atoms with Crippen LogP contribution in [0.25, 0.3) is 29.6 Å². The Bertz CT molecular complexity index is 2800. The topological polar surface area (TPSA) is 153 Å². The van der Waals surface area contributed by atoms with Crippen molar-refractivity contribution in [2.75, 3.05) is 0 Å². The molecule has 0 radical (unpaired) electrons. The van der Waals surface area contributed by atoms with Gasteiger partial charge < -0.3 is 47.9 Å². The Morgan fingerprint density at radius 1 is 0.250 bits per heavy atom. The summed E-state index contributed by atoms with van der Waals surface area (Å²) < 4.78 is 67.7. The van der Waals surface area contributed by atoms with Gasteiger partial charge in [0.25, 0.3) is 0 Å². The zero-order valence-electron chi connectivity index (χ0n) is 52.6. The number of rotatable bonds is 20. The molecular weight excluding hydrogens is 1380 g/mol. The fourth-order valence-electron chi connectivity index (χ4n) is 10.9. The first-order valence-electron chi connectivity index (χ1n) is 30.6. The first-order valence-corrected chi connectivity index (χ1v) is 48.5. The molecule has 456 valence electrons. The van der Waals surface area contributed by atoms with Gasteiger partial charge in [0, 0.05) is 0 Å². The Balaban J connectivity index is 0.000000259. The van der Waals surface area contributed by atoms with E-state index in [2.05, 4.69) is 61.7 Å². The third-order valence-corrected chi connectivity index (χ3v) is 34.7. The summed E-state index contributed by atoms with van der Waals surface area (Å²) in [5, 5.41) is 26.1. The van der Waals surface area contributed by atoms with Crippen molar-refractivity contribution in [3.8, 4) is 0 Å². The standard InChI is InChI=1S/2C30H30N2O2P2.2C4H14NSi2.2Y/c2*33-35(25-15-5-1-6-16-25,26-17-7-2-8-18-26)31-29-23-13-14-24-30(29)32-36(34,27-19-9-3-10-20-27)28-21-11-4-12-22-28;2*1-6(2)5-7(3)4;;/h2*1-12,15-22,29-30H,13-14,23-24H2;2*6-7H,1-4H3;;/q2*-2;2*-1;2*+3/t2*29-,30-;;;;/m10..../s1. The van der Waals surface area contributed by atoms with Gasteiger partial charge in [0.2, 0.25) is 0 Å². The summed E-state index contributed by atoms with van der Waals surface area (Å²) in [6.07, 6.45) is 7.08. The molecule has 10 rings (SSSR count). The van der Waals surface area contributed by atoms with Crippen LogP contribution in [-0.2, 0) is 83.7 Å². The van der Waals surface area contributed by atoms with E-state index in [1.165, 1.54) is 0 Å². The molecule has 2 aliphatic rings. The third-order valence-electron chi connectivity index (χ3n) is 14.7. The van der Waals surface area contributed by atoms with Crippen molar-refractivity contribution in [2.45, 2.75) is 128 Å². The summed E-state index contributed by atoms with van der Waals surface area (Å²) in [6.45, 7) is 18.2. The van der Waals surface area contributed by atoms with E-state index in [9.17, 15) is 18.3 Å². The van der Waals surface area contributed by atoms with Gasteiger partial charge in [-0.25, -0.2) is 0 Å². The van der Waals surface area contributed by atoms with Gasteiger partial charge in [-0.2, -0.15) is 0 Å². The summed E-state index contributed by atoms with van der Waals surface area (Å²) in [7, 11) is -15.2. The molecule has 10 nitrogen and oxygen atoms in total. The van der Waals surface area contributed by atoms with Crippen molar-refractivity contribution in [2.24, 2.45) is 0 Å². The smallest absolute Gasteiger partial charge is 0.672 e. The van der Waals surface area contributed by atoms with Crippen LogP contribution >= 0.6 is 29.2 Å². The minimum atomic E-state index is -3.26. The molecule has 0 unspecified atom stereocenters. The average Bonchev–Trinajstić information content (AvgIpc) is 3.33. The van der Waals surface area contributed by atoms with Crippen LogP contribution in [0.4, 0.5) is 0 Å². The molecule has 0 N–H and O–H groups in total. The van der Waals surface area contributed by atoms with Crippen molar-refractivity contribution >= 4 is 107 Å². The summed E-state index contributed by atoms with van der Waals surface area (Å²) in [5.74, 6) is 0. The molecule has 20 heteroatoms. The van der Waals surface area contributed by atoms with Crippen LogP contribution in [0.1, 0.15) is 51.4 Å². The monoisotopic (exact) mass is 1470 g/mol. The molecule has 2 aliphatic carbocycles. The van der Waals surface area contributed by atoms with E-state index in [0.29, 0.717) is 0 Å². The van der Waals surface area contributed by atoms with Gasteiger partial charge in [0.15, 0.2) is 0 Å². The second-order valence-electron chi connectivity index (χ2n) is 23.0. The van der Waals surface area contributed by atoms with Crippen LogP contribution in [0.5, 0.6) is 0 Å². The van der Waals surface area contributed by atoms with E-state index in [1.807, 2.05) is 243 Å². The number of hydrogen-bond donors (Lipinski definition) is 0. The first-order chi connectivity index (χ1) is 41.4. The molecule has 4 atom stereocenters. The van der Waals surface area contributed by atoms with Crippen molar-refractivity contribution < 1.29 is 83.7 Å². The van der Waals surface area contributed by atoms with Crippen molar-refractivity contribution in [3.05, 3.63) is 272 Å². The second-order valence-corrected chi connectivity index (χ2v) is 43.8. The third kappa shape index (κ3) is 22.3. The number of hydrogen-bond acceptors (Lipinski definition) is 4. The van der Waals surface area contributed by atoms with Gasteiger partial charge in [-0.05, 0) is 42.4 Å². The van der Waals surface area contributed by atoms with Crippen molar-refractivity contribution in [3.63, 3.8) is 0 Å². The average molecular weight is 1470 g/mol. The molecule has 0 heterocycles. The Morgan fingerprint density at radius 3 is 0.477 bits per heavy atom. The molecule has 0 saturated heterocycles. The maximum Gasteiger partial charge on any atom is 3.00 e. The quantitative estimate of drug-likeness (QED) is 0.0551. The molecule has 8 aromatic carbocycles. The molecule has 2 fully saturated rings. The van der Waals surface area contributed by atoms with E-state index in [0.717, 1.165) is 93.8 Å². The molecule has 8 aromatic rings. The normalized spacial score (nSPS) is 17.0. The number of nitrogens with zero attached hydrogens (tertiary/aromatic N) is 6. The summed E-state index contributed by atoms with van der Waals surface area (Å²) in [6, 6.07) is 75.1. The van der Waals surface area contributed by atoms with E-state index < -0.39 is 65.0 Å². The SMILES string of the molecule is C[SiH](C)[N-][SiH](C)C.C[SiH](C)[N-][SiH](C)C.O=P([N-][C@@H]1CCCC[C@H]1[N-]P(=O)(c1ccccc1)c1ccccc1)(c1ccccc1)c1ccccc1.O=P([N-][C@H]1CCCC[C@@H]1[N-]P(=O)(c1ccccc1)c1ccccc1)(c1ccccc1)c1ccccc1.[Y+3].[Y+3]. The van der Waals surface area contributed by atoms with Crippen LogP contribution in [0.15, 0.2) is 243 Å². The van der Waals surface area contributed by atoms with E-state index >= 15 is 0 Å². The Hall–Kier alpha value is -2.48. The molecule has 0 spiro atoms. The summed E-state index contributed by atoms with van der Waals surface area (Å²) >= 11 is 0. The van der Waals surface area contributed by atoms with E-state index in [4.69, 9.17) is 20.3 Å². The van der Waals surface area contributed by atoms with Gasteiger partial charge in [-0.3, -0.25) is 0 Å². The zero-order valence-corrected chi connectivity index (χ0v) is 66.5. The van der Waals surface area contributed by atoms with Crippen LogP contribution in [0.2, 0.25) is 52.4 Å². The molecule has 0 aromatic heterocycles. The van der Waals surface area contributed by atoms with Gasteiger partial charge in [0.05, 0.1) is 29.2 Å². The van der Waals surface area contributed by atoms with E-state index in [-0.39, 0.29) is 89.6 Å². The predicted molar refractivity (Wildman–Crippen MR) is 387 cm³/mol. The molecule has 0 amide bonds. The fourth-order valence-corrected chi connectivity index (χ4v) is 30.1. The maximum atomic E-state index is 14.7. The predicted octanol–water partition coefficient (Wildman–Crippen LogP) is 16.5. The Kier molecular flexibility index (Phi) is 33.5. The molecule has 88 heavy (non-hydrogen) atoms. The Labute approximate surface area is 585 Å². The van der Waals surface area contributed by atoms with Crippen LogP contribution in [0.3, 0.4) is 0 Å². The molecule has 0 aliphatic heterocycles. The van der Waals surface area contributed by atoms with Gasteiger partial charge in [0.1, 0.15) is 0 Å². The number of benzene rings is 8. The van der Waals surface area contributed by atoms with Crippen LogP contribution in [-0.4, -0.2) is 60.0 Å². The van der Waals surface area contributed by atoms with Gasteiger partial charge in [-0.15, -0.1) is 24.2 Å². The second kappa shape index (κ2) is 38.6. The summed E-state index contributed by atoms with van der Waals surface area (Å²) in [4.78, 5) is 0. The fraction of sp³-hybridized carbons (Fsp3) is 0.294. The molecule has 2 saturated carbocycles. The van der Waals surface area contributed by atoms with Crippen molar-refractivity contribution in [1.29, 1.82) is 0 Å². The molecular formula is C68H88N6O4P4Si4Y2. The minimum Gasteiger partial charge on any atom is -0.672 e. The molecule has 0 bridgehead atoms. The zero-order chi connectivity index (χ0) is 61.4. The van der Waals surface area contributed by atoms with Gasteiger partial charge in [-0.1, -0.05) is 382 Å². The maximum absolute atomic E-state index is 14.7. The Morgan fingerprint density at radius 2 is 0.375 bits per heavy atom. The van der Waals surface area contributed by atoms with Crippen LogP contribution < -0.4 is 42.4 Å². The minimum absolute atomic E-state index is 0. The largest absolute Gasteiger partial charge is 3.00 e. The summed E-state index contributed by atoms with van der Waals surface area (Å²) in [5.41, 5.74) is 0.